The van der Waals surface area contributed by atoms with Crippen molar-refractivity contribution in [3.8, 4) is 0 Å². The van der Waals surface area contributed by atoms with Gasteiger partial charge in [0.2, 0.25) is 5.91 Å². The van der Waals surface area contributed by atoms with Gasteiger partial charge in [0.05, 0.1) is 6.33 Å². The molecule has 0 unspecified atom stereocenters. The largest absolute Gasteiger partial charge is 0.370 e. The van der Waals surface area contributed by atoms with Crippen molar-refractivity contribution in [3.05, 3.63) is 27.4 Å². The summed E-state index contributed by atoms with van der Waals surface area (Å²) in [5, 5.41) is 0. The third-order valence-electron chi connectivity index (χ3n) is 1.46. The van der Waals surface area contributed by atoms with E-state index in [1.54, 1.807) is 0 Å². The van der Waals surface area contributed by atoms with E-state index >= 15 is 0 Å². The molecule has 1 aromatic heterocycles. The third-order valence-corrected chi connectivity index (χ3v) is 2.00. The predicted molar refractivity (Wildman–Crippen MR) is 50.0 cm³/mol. The van der Waals surface area contributed by atoms with Crippen LogP contribution in [0.5, 0.6) is 0 Å². The second kappa shape index (κ2) is 4.18. The highest BCUT2D eigenvalue weighted by Gasteiger charge is 2.01. The molecule has 0 bridgehead atoms. The zero-order valence-corrected chi connectivity index (χ0v) is 8.32. The lowest BCUT2D eigenvalue weighted by Gasteiger charge is -2.02. The Hall–Kier alpha value is -1.17. The highest BCUT2D eigenvalue weighted by molar-refractivity contribution is 9.10. The van der Waals surface area contributed by atoms with Gasteiger partial charge in [-0.15, -0.1) is 0 Å². The lowest BCUT2D eigenvalue weighted by molar-refractivity contribution is -0.118. The van der Waals surface area contributed by atoms with Crippen LogP contribution < -0.4 is 11.3 Å². The predicted octanol–water partition coefficient (Wildman–Crippen LogP) is -0.119. The number of carbonyl (C=O) groups is 1. The molecule has 1 rings (SSSR count). The number of nitrogens with two attached hydrogens (primary N) is 1. The minimum absolute atomic E-state index is 0.137. The molecule has 1 amide bonds. The highest BCUT2D eigenvalue weighted by atomic mass is 79.9. The molecule has 5 nitrogen and oxygen atoms in total. The van der Waals surface area contributed by atoms with Crippen molar-refractivity contribution >= 4 is 21.8 Å². The highest BCUT2D eigenvalue weighted by Crippen LogP contribution is 1.98. The number of halogens is 1. The van der Waals surface area contributed by atoms with E-state index in [4.69, 9.17) is 5.73 Å². The second-order valence-electron chi connectivity index (χ2n) is 2.46. The Balaban J connectivity index is 2.84. The van der Waals surface area contributed by atoms with Crippen molar-refractivity contribution in [1.29, 1.82) is 0 Å². The van der Waals surface area contributed by atoms with Crippen molar-refractivity contribution in [2.45, 2.75) is 13.0 Å². The molecule has 1 aromatic rings. The molecule has 2 N–H and O–H groups in total. The summed E-state index contributed by atoms with van der Waals surface area (Å²) < 4.78 is 1.70. The fourth-order valence-corrected chi connectivity index (χ4v) is 1.16. The molecule has 70 valence electrons. The van der Waals surface area contributed by atoms with Crippen LogP contribution in [0.15, 0.2) is 21.8 Å². The van der Waals surface area contributed by atoms with Gasteiger partial charge in [-0.2, -0.15) is 0 Å². The minimum atomic E-state index is -0.438. The minimum Gasteiger partial charge on any atom is -0.370 e. The van der Waals surface area contributed by atoms with Gasteiger partial charge in [0.25, 0.3) is 5.56 Å². The van der Waals surface area contributed by atoms with Crippen LogP contribution in [-0.2, 0) is 11.3 Å². The van der Waals surface area contributed by atoms with E-state index in [1.807, 2.05) is 0 Å². The summed E-state index contributed by atoms with van der Waals surface area (Å²) in [4.78, 5) is 25.5. The van der Waals surface area contributed by atoms with Crippen LogP contribution in [0.3, 0.4) is 0 Å². The maximum Gasteiger partial charge on any atom is 0.267 e. The molecule has 1 heterocycles. The Labute approximate surface area is 82.7 Å². The van der Waals surface area contributed by atoms with Crippen molar-refractivity contribution in [3.63, 3.8) is 0 Å². The fraction of sp³-hybridized carbons (Fsp3) is 0.286. The smallest absolute Gasteiger partial charge is 0.267 e. The molecule has 0 aromatic carbocycles. The molecule has 6 heteroatoms. The second-order valence-corrected chi connectivity index (χ2v) is 3.31. The Bertz CT molecular complexity index is 374. The zero-order chi connectivity index (χ0) is 9.84. The number of hydrogen-bond donors (Lipinski definition) is 1. The summed E-state index contributed by atoms with van der Waals surface area (Å²) in [5.41, 5.74) is 4.73. The average Bonchev–Trinajstić information content (AvgIpc) is 2.07. The standard InChI is InChI=1S/C7H8BrN3O2/c8-5-3-10-4-11(7(5)13)2-1-6(9)12/h3-4H,1-2H2,(H2,9,12). The van der Waals surface area contributed by atoms with Crippen LogP contribution in [0.2, 0.25) is 0 Å². The molecule has 0 saturated carbocycles. The Morgan fingerprint density at radius 1 is 1.69 bits per heavy atom. The van der Waals surface area contributed by atoms with E-state index in [1.165, 1.54) is 17.1 Å². The number of primary amides is 1. The number of aryl methyl sites for hydroxylation is 1. The molecule has 0 aliphatic heterocycles. The van der Waals surface area contributed by atoms with Gasteiger partial charge in [0.15, 0.2) is 0 Å². The number of rotatable bonds is 3. The number of aromatic nitrogens is 2. The van der Waals surface area contributed by atoms with Gasteiger partial charge in [0, 0.05) is 19.2 Å². The van der Waals surface area contributed by atoms with Crippen molar-refractivity contribution in [1.82, 2.24) is 9.55 Å². The van der Waals surface area contributed by atoms with Gasteiger partial charge >= 0.3 is 0 Å². The van der Waals surface area contributed by atoms with Gasteiger partial charge in [-0.1, -0.05) is 0 Å². The summed E-state index contributed by atoms with van der Waals surface area (Å²) in [6, 6.07) is 0. The zero-order valence-electron chi connectivity index (χ0n) is 6.74. The molecule has 0 atom stereocenters. The maximum atomic E-state index is 11.3. The fourth-order valence-electron chi connectivity index (χ4n) is 0.814. The molecule has 0 radical (unpaired) electrons. The Kier molecular flexibility index (Phi) is 3.18. The van der Waals surface area contributed by atoms with Crippen molar-refractivity contribution < 1.29 is 4.79 Å². The Morgan fingerprint density at radius 2 is 2.38 bits per heavy atom. The van der Waals surface area contributed by atoms with E-state index in [9.17, 15) is 9.59 Å². The maximum absolute atomic E-state index is 11.3. The number of hydrogen-bond acceptors (Lipinski definition) is 3. The Morgan fingerprint density at radius 3 is 3.00 bits per heavy atom. The first-order chi connectivity index (χ1) is 6.11. The summed E-state index contributed by atoms with van der Waals surface area (Å²) in [5.74, 6) is -0.438. The van der Waals surface area contributed by atoms with Crippen LogP contribution in [0.4, 0.5) is 0 Å². The average molecular weight is 246 g/mol. The lowest BCUT2D eigenvalue weighted by atomic mass is 10.4. The first-order valence-electron chi connectivity index (χ1n) is 3.59. The number of carbonyl (C=O) groups excluding carboxylic acids is 1. The molecular weight excluding hydrogens is 238 g/mol. The van der Waals surface area contributed by atoms with Crippen LogP contribution in [0, 0.1) is 0 Å². The topological polar surface area (TPSA) is 78.0 Å². The van der Waals surface area contributed by atoms with Crippen LogP contribution >= 0.6 is 15.9 Å². The van der Waals surface area contributed by atoms with Gasteiger partial charge in [-0.05, 0) is 15.9 Å². The van der Waals surface area contributed by atoms with Gasteiger partial charge < -0.3 is 5.73 Å². The van der Waals surface area contributed by atoms with E-state index in [2.05, 4.69) is 20.9 Å². The first kappa shape index (κ1) is 9.91. The van der Waals surface area contributed by atoms with Gasteiger partial charge in [0.1, 0.15) is 4.47 Å². The molecule has 0 fully saturated rings. The normalized spacial score (nSPS) is 9.92. The lowest BCUT2D eigenvalue weighted by Crippen LogP contribution is -2.23. The molecule has 13 heavy (non-hydrogen) atoms. The van der Waals surface area contributed by atoms with Crippen molar-refractivity contribution in [2.24, 2.45) is 5.73 Å². The van der Waals surface area contributed by atoms with E-state index in [-0.39, 0.29) is 18.5 Å². The first-order valence-corrected chi connectivity index (χ1v) is 4.39. The summed E-state index contributed by atoms with van der Waals surface area (Å²) in [6.45, 7) is 0.264. The molecular formula is C7H8BrN3O2. The van der Waals surface area contributed by atoms with E-state index < -0.39 is 5.91 Å². The van der Waals surface area contributed by atoms with E-state index in [0.29, 0.717) is 4.47 Å². The van der Waals surface area contributed by atoms with Crippen LogP contribution in [-0.4, -0.2) is 15.5 Å². The molecule has 0 aliphatic rings. The summed E-state index contributed by atoms with van der Waals surface area (Å²) in [7, 11) is 0. The number of nitrogens with zero attached hydrogens (tertiary/aromatic N) is 2. The SMILES string of the molecule is NC(=O)CCn1cncc(Br)c1=O. The van der Waals surface area contributed by atoms with Crippen LogP contribution in [0.1, 0.15) is 6.42 Å². The van der Waals surface area contributed by atoms with Crippen molar-refractivity contribution in [2.75, 3.05) is 0 Å². The summed E-state index contributed by atoms with van der Waals surface area (Å²) in [6.07, 6.45) is 2.91. The van der Waals surface area contributed by atoms with Crippen LogP contribution in [0.25, 0.3) is 0 Å². The molecule has 0 aliphatic carbocycles. The quantitative estimate of drug-likeness (QED) is 0.807. The van der Waals surface area contributed by atoms with Gasteiger partial charge in [-0.25, -0.2) is 4.98 Å². The number of amides is 1. The van der Waals surface area contributed by atoms with Gasteiger partial charge in [-0.3, -0.25) is 14.2 Å². The monoisotopic (exact) mass is 245 g/mol. The molecule has 0 spiro atoms. The summed E-state index contributed by atoms with van der Waals surface area (Å²) >= 11 is 3.04. The van der Waals surface area contributed by atoms with E-state index in [0.717, 1.165) is 0 Å². The third kappa shape index (κ3) is 2.66. The molecule has 0 saturated heterocycles.